The molecule has 2 heterocycles. The second kappa shape index (κ2) is 4.67. The van der Waals surface area contributed by atoms with Crippen LogP contribution in [-0.2, 0) is 4.79 Å². The van der Waals surface area contributed by atoms with Crippen LogP contribution in [0.3, 0.4) is 0 Å². The third-order valence-electron chi connectivity index (χ3n) is 2.19. The predicted octanol–water partition coefficient (Wildman–Crippen LogP) is -0.261. The minimum atomic E-state index is -0.0139. The minimum absolute atomic E-state index is 0.0139. The fourth-order valence-electron chi connectivity index (χ4n) is 1.15. The summed E-state index contributed by atoms with van der Waals surface area (Å²) in [5.74, 6) is 5.04. The standard InChI is InChI=1S/C5H4N4.C4H8N2O/c1-4-5(8-2-6-1)9-3-7-4;5-6-4(7)3-1-2-3/h1-3H,(H,6,7,8,9);3H,1-2,5H2,(H,6,7). The minimum Gasteiger partial charge on any atom is -0.342 e. The zero-order chi connectivity index (χ0) is 11.4. The topological polar surface area (TPSA) is 110 Å². The van der Waals surface area contributed by atoms with Crippen LogP contribution in [0, 0.1) is 5.92 Å². The van der Waals surface area contributed by atoms with Crippen LogP contribution in [0.1, 0.15) is 12.8 Å². The third kappa shape index (κ3) is 2.51. The number of nitrogens with zero attached hydrogens (tertiary/aromatic N) is 3. The van der Waals surface area contributed by atoms with Gasteiger partial charge >= 0.3 is 0 Å². The van der Waals surface area contributed by atoms with E-state index in [4.69, 9.17) is 5.84 Å². The van der Waals surface area contributed by atoms with Gasteiger partial charge in [-0.15, -0.1) is 0 Å². The first kappa shape index (κ1) is 10.5. The molecule has 2 aromatic rings. The maximum atomic E-state index is 10.3. The molecule has 4 N–H and O–H groups in total. The van der Waals surface area contributed by atoms with Crippen molar-refractivity contribution in [1.29, 1.82) is 0 Å². The first-order chi connectivity index (χ1) is 7.81. The van der Waals surface area contributed by atoms with Crippen molar-refractivity contribution in [2.24, 2.45) is 11.8 Å². The van der Waals surface area contributed by atoms with Gasteiger partial charge in [0.1, 0.15) is 11.8 Å². The summed E-state index contributed by atoms with van der Waals surface area (Å²) in [6.07, 6.45) is 6.80. The lowest BCUT2D eigenvalue weighted by Crippen LogP contribution is -2.31. The number of hydrogen-bond donors (Lipinski definition) is 3. The molecule has 0 radical (unpaired) electrons. The summed E-state index contributed by atoms with van der Waals surface area (Å²) in [4.78, 5) is 24.8. The fourth-order valence-corrected chi connectivity index (χ4v) is 1.15. The Labute approximate surface area is 91.5 Å². The van der Waals surface area contributed by atoms with E-state index < -0.39 is 0 Å². The molecule has 1 aliphatic rings. The molecule has 0 bridgehead atoms. The van der Waals surface area contributed by atoms with Crippen LogP contribution in [0.15, 0.2) is 18.9 Å². The number of H-pyrrole nitrogens is 1. The lowest BCUT2D eigenvalue weighted by Gasteiger charge is -1.89. The normalized spacial score (nSPS) is 14.1. The molecule has 0 aliphatic heterocycles. The number of carbonyl (C=O) groups is 1. The zero-order valence-corrected chi connectivity index (χ0v) is 8.55. The van der Waals surface area contributed by atoms with Gasteiger partial charge in [-0.3, -0.25) is 10.2 Å². The van der Waals surface area contributed by atoms with Crippen molar-refractivity contribution in [2.45, 2.75) is 12.8 Å². The largest absolute Gasteiger partial charge is 0.342 e. The van der Waals surface area contributed by atoms with Crippen molar-refractivity contribution in [3.05, 3.63) is 18.9 Å². The van der Waals surface area contributed by atoms with Crippen LogP contribution in [-0.4, -0.2) is 25.8 Å². The molecule has 7 heteroatoms. The van der Waals surface area contributed by atoms with Crippen molar-refractivity contribution in [3.8, 4) is 0 Å². The van der Waals surface area contributed by atoms with E-state index in [-0.39, 0.29) is 11.8 Å². The number of nitrogens with one attached hydrogen (secondary N) is 2. The van der Waals surface area contributed by atoms with Gasteiger partial charge < -0.3 is 4.98 Å². The Hall–Kier alpha value is -2.02. The predicted molar refractivity (Wildman–Crippen MR) is 56.7 cm³/mol. The highest BCUT2D eigenvalue weighted by atomic mass is 16.2. The van der Waals surface area contributed by atoms with Crippen molar-refractivity contribution in [1.82, 2.24) is 25.4 Å². The van der Waals surface area contributed by atoms with Gasteiger partial charge in [-0.25, -0.2) is 20.8 Å². The van der Waals surface area contributed by atoms with Gasteiger partial charge in [0.15, 0.2) is 5.65 Å². The van der Waals surface area contributed by atoms with Crippen LogP contribution in [0.5, 0.6) is 0 Å². The van der Waals surface area contributed by atoms with E-state index in [2.05, 4.69) is 25.4 Å². The zero-order valence-electron chi connectivity index (χ0n) is 8.55. The molecule has 84 valence electrons. The molecule has 3 rings (SSSR count). The van der Waals surface area contributed by atoms with Crippen molar-refractivity contribution >= 4 is 17.1 Å². The van der Waals surface area contributed by atoms with Crippen LogP contribution < -0.4 is 11.3 Å². The Kier molecular flexibility index (Phi) is 3.06. The molecule has 2 aromatic heterocycles. The summed E-state index contributed by atoms with van der Waals surface area (Å²) in [5.41, 5.74) is 3.67. The third-order valence-corrected chi connectivity index (χ3v) is 2.19. The average Bonchev–Trinajstić information content (AvgIpc) is 3.07. The number of hydrazine groups is 1. The molecular weight excluding hydrogens is 208 g/mol. The number of fused-ring (bicyclic) bond motifs is 1. The molecule has 0 aromatic carbocycles. The number of amides is 1. The molecule has 7 nitrogen and oxygen atoms in total. The van der Waals surface area contributed by atoms with Gasteiger partial charge in [0, 0.05) is 5.92 Å². The number of imidazole rings is 1. The highest BCUT2D eigenvalue weighted by Gasteiger charge is 2.28. The molecule has 16 heavy (non-hydrogen) atoms. The maximum Gasteiger partial charge on any atom is 0.236 e. The molecule has 1 aliphatic carbocycles. The van der Waals surface area contributed by atoms with E-state index in [1.54, 1.807) is 12.5 Å². The van der Waals surface area contributed by atoms with Gasteiger partial charge in [0.25, 0.3) is 0 Å². The molecule has 0 saturated heterocycles. The van der Waals surface area contributed by atoms with Crippen LogP contribution in [0.2, 0.25) is 0 Å². The first-order valence-electron chi connectivity index (χ1n) is 4.91. The molecule has 1 fully saturated rings. The van der Waals surface area contributed by atoms with E-state index in [1.807, 2.05) is 0 Å². The summed E-state index contributed by atoms with van der Waals surface area (Å²) in [6.45, 7) is 0. The van der Waals surface area contributed by atoms with Crippen LogP contribution in [0.25, 0.3) is 11.2 Å². The monoisotopic (exact) mass is 220 g/mol. The highest BCUT2D eigenvalue weighted by Crippen LogP contribution is 2.28. The number of aromatic nitrogens is 4. The fraction of sp³-hybridized carbons (Fsp3) is 0.333. The van der Waals surface area contributed by atoms with E-state index in [9.17, 15) is 4.79 Å². The number of aromatic amines is 1. The number of carbonyl (C=O) groups excluding carboxylic acids is 1. The van der Waals surface area contributed by atoms with E-state index >= 15 is 0 Å². The van der Waals surface area contributed by atoms with E-state index in [0.29, 0.717) is 5.65 Å². The summed E-state index contributed by atoms with van der Waals surface area (Å²) in [6, 6.07) is 0. The lowest BCUT2D eigenvalue weighted by molar-refractivity contribution is -0.122. The van der Waals surface area contributed by atoms with Crippen LogP contribution in [0.4, 0.5) is 0 Å². The maximum absolute atomic E-state index is 10.3. The Morgan fingerprint density at radius 1 is 1.50 bits per heavy atom. The van der Waals surface area contributed by atoms with Gasteiger partial charge in [-0.1, -0.05) is 0 Å². The summed E-state index contributed by atoms with van der Waals surface area (Å²) >= 11 is 0. The van der Waals surface area contributed by atoms with Gasteiger partial charge in [-0.05, 0) is 12.8 Å². The van der Waals surface area contributed by atoms with Crippen molar-refractivity contribution in [2.75, 3.05) is 0 Å². The van der Waals surface area contributed by atoms with Crippen molar-refractivity contribution in [3.63, 3.8) is 0 Å². The molecule has 0 spiro atoms. The molecule has 1 saturated carbocycles. The van der Waals surface area contributed by atoms with Gasteiger partial charge in [0.2, 0.25) is 5.91 Å². The number of hydrogen-bond acceptors (Lipinski definition) is 5. The van der Waals surface area contributed by atoms with Crippen LogP contribution >= 0.6 is 0 Å². The van der Waals surface area contributed by atoms with E-state index in [1.165, 1.54) is 6.33 Å². The Balaban J connectivity index is 0.000000125. The summed E-state index contributed by atoms with van der Waals surface area (Å²) in [5, 5.41) is 0. The Morgan fingerprint density at radius 3 is 2.88 bits per heavy atom. The SMILES string of the molecule is NNC(=O)C1CC1.c1ncc2[nH]cnc2n1. The smallest absolute Gasteiger partial charge is 0.236 e. The Bertz CT molecular complexity index is 447. The second-order valence-corrected chi connectivity index (χ2v) is 3.45. The first-order valence-corrected chi connectivity index (χ1v) is 4.91. The van der Waals surface area contributed by atoms with Gasteiger partial charge in [0.05, 0.1) is 12.5 Å². The average molecular weight is 220 g/mol. The molecule has 0 atom stereocenters. The summed E-state index contributed by atoms with van der Waals surface area (Å²) < 4.78 is 0. The molecule has 0 unspecified atom stereocenters. The Morgan fingerprint density at radius 2 is 2.31 bits per heavy atom. The molecular formula is C9H12N6O. The molecule has 1 amide bonds. The summed E-state index contributed by atoms with van der Waals surface area (Å²) in [7, 11) is 0. The second-order valence-electron chi connectivity index (χ2n) is 3.45. The highest BCUT2D eigenvalue weighted by molar-refractivity contribution is 5.80. The number of rotatable bonds is 1. The van der Waals surface area contributed by atoms with Crippen molar-refractivity contribution < 1.29 is 4.79 Å². The number of nitrogens with two attached hydrogens (primary N) is 1. The van der Waals surface area contributed by atoms with E-state index in [0.717, 1.165) is 18.4 Å². The quantitative estimate of drug-likeness (QED) is 0.348. The lowest BCUT2D eigenvalue weighted by atomic mass is 10.4. The van der Waals surface area contributed by atoms with Gasteiger partial charge in [-0.2, -0.15) is 0 Å².